The largest absolute Gasteiger partial charge is 0.471 e. The summed E-state index contributed by atoms with van der Waals surface area (Å²) in [4.78, 5) is 24.3. The molecule has 3 heterocycles. The van der Waals surface area contributed by atoms with E-state index < -0.39 is 0 Å². The molecule has 1 aliphatic rings. The molecule has 3 aromatic rings. The van der Waals surface area contributed by atoms with Crippen molar-refractivity contribution in [1.82, 2.24) is 9.97 Å². The van der Waals surface area contributed by atoms with E-state index in [2.05, 4.69) is 9.97 Å². The van der Waals surface area contributed by atoms with Crippen LogP contribution in [0.25, 0.3) is 10.4 Å². The molecule has 4 rings (SSSR count). The zero-order chi connectivity index (χ0) is 16.5. The van der Waals surface area contributed by atoms with Crippen molar-refractivity contribution >= 4 is 22.9 Å². The van der Waals surface area contributed by atoms with Crippen LogP contribution in [0.4, 0.5) is 5.69 Å². The van der Waals surface area contributed by atoms with Gasteiger partial charge in [0.25, 0.3) is 5.91 Å². The van der Waals surface area contributed by atoms with Crippen molar-refractivity contribution in [2.45, 2.75) is 13.0 Å². The summed E-state index contributed by atoms with van der Waals surface area (Å²) in [6, 6.07) is 13.5. The fourth-order valence-electron chi connectivity index (χ4n) is 2.77. The molecule has 1 aliphatic heterocycles. The van der Waals surface area contributed by atoms with Gasteiger partial charge >= 0.3 is 0 Å². The van der Waals surface area contributed by atoms with Gasteiger partial charge in [-0.15, -0.1) is 11.3 Å². The van der Waals surface area contributed by atoms with Crippen LogP contribution in [0.1, 0.15) is 17.4 Å². The van der Waals surface area contributed by atoms with Gasteiger partial charge in [-0.3, -0.25) is 9.69 Å². The Balaban J connectivity index is 1.75. The Morgan fingerprint density at radius 2 is 2.04 bits per heavy atom. The first-order valence-corrected chi connectivity index (χ1v) is 8.54. The summed E-state index contributed by atoms with van der Waals surface area (Å²) in [5, 5.41) is 0. The predicted molar refractivity (Wildman–Crippen MR) is 93.6 cm³/mol. The minimum atomic E-state index is -0.125. The Morgan fingerprint density at radius 3 is 2.88 bits per heavy atom. The van der Waals surface area contributed by atoms with E-state index in [9.17, 15) is 4.79 Å². The van der Waals surface area contributed by atoms with E-state index >= 15 is 0 Å². The number of ether oxygens (including phenoxy) is 1. The van der Waals surface area contributed by atoms with Gasteiger partial charge in [0.1, 0.15) is 17.5 Å². The van der Waals surface area contributed by atoms with Crippen molar-refractivity contribution in [3.8, 4) is 16.3 Å². The molecule has 2 aromatic heterocycles. The molecule has 0 saturated carbocycles. The number of thiazole rings is 1. The summed E-state index contributed by atoms with van der Waals surface area (Å²) in [5.74, 6) is 0.362. The topological polar surface area (TPSA) is 55.3 Å². The van der Waals surface area contributed by atoms with Gasteiger partial charge in [-0.2, -0.15) is 0 Å². The Bertz CT molecular complexity index is 879. The van der Waals surface area contributed by atoms with E-state index in [4.69, 9.17) is 4.74 Å². The molecule has 0 bridgehead atoms. The Labute approximate surface area is 143 Å². The lowest BCUT2D eigenvalue weighted by molar-refractivity contribution is 0.0955. The molecule has 0 spiro atoms. The molecule has 1 amide bonds. The second-order valence-corrected chi connectivity index (χ2v) is 6.42. The fraction of sp³-hybridized carbons (Fsp3) is 0.167. The third kappa shape index (κ3) is 2.55. The maximum absolute atomic E-state index is 13.2. The third-order valence-electron chi connectivity index (χ3n) is 3.85. The SMILES string of the molecule is CC1CN(C(=O)c2ncsc2-c2ccccc2)c2cccnc2O1. The van der Waals surface area contributed by atoms with Crippen LogP contribution in [0.15, 0.2) is 54.2 Å². The third-order valence-corrected chi connectivity index (χ3v) is 4.72. The molecule has 0 saturated heterocycles. The Kier molecular flexibility index (Phi) is 3.74. The normalized spacial score (nSPS) is 16.4. The lowest BCUT2D eigenvalue weighted by Crippen LogP contribution is -2.42. The van der Waals surface area contributed by atoms with Crippen LogP contribution in [0.3, 0.4) is 0 Å². The van der Waals surface area contributed by atoms with E-state index in [-0.39, 0.29) is 12.0 Å². The van der Waals surface area contributed by atoms with E-state index in [1.54, 1.807) is 22.7 Å². The van der Waals surface area contributed by atoms with Gasteiger partial charge in [0.15, 0.2) is 0 Å². The first-order chi connectivity index (χ1) is 11.7. The number of carbonyl (C=O) groups excluding carboxylic acids is 1. The summed E-state index contributed by atoms with van der Waals surface area (Å²) in [6.45, 7) is 2.40. The summed E-state index contributed by atoms with van der Waals surface area (Å²) >= 11 is 1.47. The van der Waals surface area contributed by atoms with Gasteiger partial charge in [-0.1, -0.05) is 30.3 Å². The van der Waals surface area contributed by atoms with E-state index in [0.29, 0.717) is 23.8 Å². The standard InChI is InChI=1S/C18H15N3O2S/c1-12-10-21(14-8-5-9-19-17(14)23-12)18(22)15-16(24-11-20-15)13-6-3-2-4-7-13/h2-9,11-12H,10H2,1H3. The molecule has 5 nitrogen and oxygen atoms in total. The van der Waals surface area contributed by atoms with Crippen molar-refractivity contribution in [1.29, 1.82) is 0 Å². The monoisotopic (exact) mass is 337 g/mol. The van der Waals surface area contributed by atoms with Gasteiger partial charge in [0.05, 0.1) is 16.9 Å². The summed E-state index contributed by atoms with van der Waals surface area (Å²) < 4.78 is 5.72. The van der Waals surface area contributed by atoms with Crippen molar-refractivity contribution in [3.05, 3.63) is 59.9 Å². The lowest BCUT2D eigenvalue weighted by atomic mass is 10.1. The van der Waals surface area contributed by atoms with Gasteiger partial charge in [0.2, 0.25) is 5.88 Å². The fourth-order valence-corrected chi connectivity index (χ4v) is 3.56. The van der Waals surface area contributed by atoms with Crippen molar-refractivity contribution < 1.29 is 9.53 Å². The minimum absolute atomic E-state index is 0.116. The molecule has 6 heteroatoms. The Hall–Kier alpha value is -2.73. The molecule has 1 atom stereocenters. The average Bonchev–Trinajstić information content (AvgIpc) is 3.11. The van der Waals surface area contributed by atoms with E-state index in [1.165, 1.54) is 11.3 Å². The summed E-state index contributed by atoms with van der Waals surface area (Å²) in [7, 11) is 0. The molecular weight excluding hydrogens is 322 g/mol. The molecule has 1 aromatic carbocycles. The number of rotatable bonds is 2. The summed E-state index contributed by atoms with van der Waals surface area (Å²) in [5.41, 5.74) is 3.86. The number of benzene rings is 1. The van der Waals surface area contributed by atoms with Crippen LogP contribution in [-0.4, -0.2) is 28.5 Å². The highest BCUT2D eigenvalue weighted by Crippen LogP contribution is 2.34. The number of amides is 1. The number of fused-ring (bicyclic) bond motifs is 1. The molecule has 0 N–H and O–H groups in total. The molecule has 0 aliphatic carbocycles. The van der Waals surface area contributed by atoms with Crippen LogP contribution in [0.2, 0.25) is 0 Å². The number of aromatic nitrogens is 2. The first-order valence-electron chi connectivity index (χ1n) is 7.66. The maximum Gasteiger partial charge on any atom is 0.278 e. The van der Waals surface area contributed by atoms with Crippen molar-refractivity contribution in [2.75, 3.05) is 11.4 Å². The van der Waals surface area contributed by atoms with Crippen molar-refractivity contribution in [2.24, 2.45) is 0 Å². The number of hydrogen-bond acceptors (Lipinski definition) is 5. The molecule has 24 heavy (non-hydrogen) atoms. The van der Waals surface area contributed by atoms with Crippen molar-refractivity contribution in [3.63, 3.8) is 0 Å². The average molecular weight is 337 g/mol. The van der Waals surface area contributed by atoms with Crippen LogP contribution in [-0.2, 0) is 0 Å². The second-order valence-electron chi connectivity index (χ2n) is 5.57. The van der Waals surface area contributed by atoms with E-state index in [0.717, 1.165) is 10.4 Å². The zero-order valence-electron chi connectivity index (χ0n) is 13.0. The van der Waals surface area contributed by atoms with Crippen LogP contribution < -0.4 is 9.64 Å². The number of hydrogen-bond donors (Lipinski definition) is 0. The number of nitrogens with zero attached hydrogens (tertiary/aromatic N) is 3. The highest BCUT2D eigenvalue weighted by Gasteiger charge is 2.31. The minimum Gasteiger partial charge on any atom is -0.471 e. The molecule has 0 fully saturated rings. The smallest absolute Gasteiger partial charge is 0.278 e. The molecule has 1 unspecified atom stereocenters. The van der Waals surface area contributed by atoms with Gasteiger partial charge in [-0.25, -0.2) is 9.97 Å². The molecule has 0 radical (unpaired) electrons. The van der Waals surface area contributed by atoms with Gasteiger partial charge in [0, 0.05) is 6.20 Å². The number of carbonyl (C=O) groups is 1. The first kappa shape index (κ1) is 14.8. The van der Waals surface area contributed by atoms with Gasteiger partial charge < -0.3 is 4.74 Å². The van der Waals surface area contributed by atoms with Gasteiger partial charge in [-0.05, 0) is 24.6 Å². The number of anilines is 1. The highest BCUT2D eigenvalue weighted by atomic mass is 32.1. The molecular formula is C18H15N3O2S. The summed E-state index contributed by atoms with van der Waals surface area (Å²) in [6.07, 6.45) is 1.55. The maximum atomic E-state index is 13.2. The Morgan fingerprint density at radius 1 is 1.21 bits per heavy atom. The second kappa shape index (κ2) is 6.05. The predicted octanol–water partition coefficient (Wildman–Crippen LogP) is 3.63. The zero-order valence-corrected chi connectivity index (χ0v) is 13.9. The highest BCUT2D eigenvalue weighted by molar-refractivity contribution is 7.13. The van der Waals surface area contributed by atoms with E-state index in [1.807, 2.05) is 43.3 Å². The van der Waals surface area contributed by atoms with Crippen LogP contribution in [0.5, 0.6) is 5.88 Å². The van der Waals surface area contributed by atoms with Crippen LogP contribution >= 0.6 is 11.3 Å². The van der Waals surface area contributed by atoms with Crippen LogP contribution in [0, 0.1) is 0 Å². The number of pyridine rings is 1. The quantitative estimate of drug-likeness (QED) is 0.716. The molecule has 120 valence electrons. The lowest BCUT2D eigenvalue weighted by Gasteiger charge is -2.32.